The van der Waals surface area contributed by atoms with Crippen molar-refractivity contribution in [1.82, 2.24) is 14.1 Å². The first kappa shape index (κ1) is 14.8. The van der Waals surface area contributed by atoms with E-state index >= 15 is 0 Å². The highest BCUT2D eigenvalue weighted by Gasteiger charge is 2.45. The smallest absolute Gasteiger partial charge is 0.211 e. The quantitative estimate of drug-likeness (QED) is 0.748. The lowest BCUT2D eigenvalue weighted by Crippen LogP contribution is -2.71. The number of hydrogen-bond donors (Lipinski definition) is 0. The minimum atomic E-state index is -3.09. The molecule has 0 N–H and O–H groups in total. The summed E-state index contributed by atoms with van der Waals surface area (Å²) in [7, 11) is -3.09. The summed E-state index contributed by atoms with van der Waals surface area (Å²) >= 11 is 0. The molecule has 116 valence electrons. The van der Waals surface area contributed by atoms with Crippen LogP contribution < -0.4 is 0 Å². The standard InChI is InChI=1S/C14H27N3O2S/c1-14(2)11-16(20(3,18)19)10-13-9-15(7-8-17(13)14)12-5-4-6-12/h12-13H,4-11H2,1-3H3/t13-/m0/s1. The van der Waals surface area contributed by atoms with Gasteiger partial charge in [-0.05, 0) is 26.7 Å². The van der Waals surface area contributed by atoms with E-state index in [1.165, 1.54) is 25.5 Å². The van der Waals surface area contributed by atoms with E-state index in [2.05, 4.69) is 23.6 Å². The Labute approximate surface area is 123 Å². The molecule has 6 heteroatoms. The van der Waals surface area contributed by atoms with Crippen molar-refractivity contribution in [2.75, 3.05) is 39.0 Å². The van der Waals surface area contributed by atoms with Gasteiger partial charge in [-0.15, -0.1) is 0 Å². The number of piperazine rings is 2. The molecule has 1 aliphatic carbocycles. The zero-order valence-corrected chi connectivity index (χ0v) is 13.7. The van der Waals surface area contributed by atoms with Crippen LogP contribution in [0.15, 0.2) is 0 Å². The lowest BCUT2D eigenvalue weighted by molar-refractivity contribution is -0.0608. The number of rotatable bonds is 2. The fraction of sp³-hybridized carbons (Fsp3) is 1.00. The molecule has 2 aliphatic heterocycles. The molecule has 3 fully saturated rings. The molecule has 5 nitrogen and oxygen atoms in total. The van der Waals surface area contributed by atoms with Gasteiger partial charge in [0.25, 0.3) is 0 Å². The van der Waals surface area contributed by atoms with E-state index in [1.54, 1.807) is 4.31 Å². The van der Waals surface area contributed by atoms with Crippen LogP contribution in [0.4, 0.5) is 0 Å². The number of sulfonamides is 1. The molecule has 3 rings (SSSR count). The molecule has 0 unspecified atom stereocenters. The van der Waals surface area contributed by atoms with Crippen molar-refractivity contribution in [2.45, 2.75) is 50.7 Å². The summed E-state index contributed by atoms with van der Waals surface area (Å²) in [5, 5.41) is 0. The molecule has 0 spiro atoms. The predicted octanol–water partition coefficient (Wildman–Crippen LogP) is 0.579. The first-order valence-corrected chi connectivity index (χ1v) is 9.58. The van der Waals surface area contributed by atoms with Crippen LogP contribution in [0.25, 0.3) is 0 Å². The second kappa shape index (κ2) is 4.93. The van der Waals surface area contributed by atoms with Crippen molar-refractivity contribution in [1.29, 1.82) is 0 Å². The molecule has 0 aromatic heterocycles. The lowest BCUT2D eigenvalue weighted by Gasteiger charge is -2.56. The summed E-state index contributed by atoms with van der Waals surface area (Å²) < 4.78 is 25.5. The van der Waals surface area contributed by atoms with E-state index < -0.39 is 10.0 Å². The number of nitrogens with zero attached hydrogens (tertiary/aromatic N) is 3. The molecule has 0 aromatic rings. The predicted molar refractivity (Wildman–Crippen MR) is 80.2 cm³/mol. The molecule has 2 saturated heterocycles. The molecule has 3 aliphatic rings. The zero-order valence-electron chi connectivity index (χ0n) is 12.9. The van der Waals surface area contributed by atoms with E-state index in [0.717, 1.165) is 25.7 Å². The summed E-state index contributed by atoms with van der Waals surface area (Å²) in [6.07, 6.45) is 5.35. The molecular formula is C14H27N3O2S. The van der Waals surface area contributed by atoms with E-state index in [4.69, 9.17) is 0 Å². The molecule has 0 bridgehead atoms. The van der Waals surface area contributed by atoms with Gasteiger partial charge in [-0.1, -0.05) is 6.42 Å². The average molecular weight is 301 g/mol. The van der Waals surface area contributed by atoms with Gasteiger partial charge in [-0.25, -0.2) is 8.42 Å². The summed E-state index contributed by atoms with van der Waals surface area (Å²) in [6, 6.07) is 1.11. The Kier molecular flexibility index (Phi) is 3.64. The largest absolute Gasteiger partial charge is 0.298 e. The molecular weight excluding hydrogens is 274 g/mol. The van der Waals surface area contributed by atoms with E-state index in [1.807, 2.05) is 0 Å². The summed E-state index contributed by atoms with van der Waals surface area (Å²) in [6.45, 7) is 8.87. The van der Waals surface area contributed by atoms with Gasteiger partial charge in [0.15, 0.2) is 0 Å². The molecule has 1 atom stereocenters. The highest BCUT2D eigenvalue weighted by molar-refractivity contribution is 7.88. The van der Waals surface area contributed by atoms with E-state index in [-0.39, 0.29) is 5.54 Å². The lowest BCUT2D eigenvalue weighted by atomic mass is 9.88. The van der Waals surface area contributed by atoms with Crippen molar-refractivity contribution in [3.05, 3.63) is 0 Å². The van der Waals surface area contributed by atoms with Crippen LogP contribution in [0.5, 0.6) is 0 Å². The van der Waals surface area contributed by atoms with Gasteiger partial charge in [0, 0.05) is 50.3 Å². The van der Waals surface area contributed by atoms with Gasteiger partial charge >= 0.3 is 0 Å². The Morgan fingerprint density at radius 1 is 1.05 bits per heavy atom. The van der Waals surface area contributed by atoms with Crippen LogP contribution in [0, 0.1) is 0 Å². The van der Waals surface area contributed by atoms with Crippen LogP contribution >= 0.6 is 0 Å². The fourth-order valence-corrected chi connectivity index (χ4v) is 4.98. The zero-order chi connectivity index (χ0) is 14.5. The third kappa shape index (κ3) is 2.63. The highest BCUT2D eigenvalue weighted by Crippen LogP contribution is 2.32. The Bertz CT molecular complexity index is 473. The first-order valence-electron chi connectivity index (χ1n) is 7.73. The Morgan fingerprint density at radius 3 is 2.30 bits per heavy atom. The fourth-order valence-electron chi connectivity index (χ4n) is 3.99. The van der Waals surface area contributed by atoms with Crippen LogP contribution in [0.1, 0.15) is 33.1 Å². The minimum absolute atomic E-state index is 0.0578. The molecule has 0 radical (unpaired) electrons. The average Bonchev–Trinajstić information content (AvgIpc) is 2.23. The normalized spacial score (nSPS) is 33.6. The van der Waals surface area contributed by atoms with Gasteiger partial charge in [0.05, 0.1) is 6.26 Å². The van der Waals surface area contributed by atoms with Crippen molar-refractivity contribution >= 4 is 10.0 Å². The second-order valence-corrected chi connectivity index (χ2v) is 9.28. The van der Waals surface area contributed by atoms with Crippen LogP contribution in [-0.2, 0) is 10.0 Å². The van der Waals surface area contributed by atoms with Gasteiger partial charge in [-0.2, -0.15) is 4.31 Å². The molecule has 1 saturated carbocycles. The minimum Gasteiger partial charge on any atom is -0.298 e. The Balaban J connectivity index is 1.76. The van der Waals surface area contributed by atoms with Crippen LogP contribution in [0.2, 0.25) is 0 Å². The van der Waals surface area contributed by atoms with Crippen molar-refractivity contribution in [3.8, 4) is 0 Å². The number of fused-ring (bicyclic) bond motifs is 1. The summed E-state index contributed by atoms with van der Waals surface area (Å²) in [4.78, 5) is 5.12. The molecule has 20 heavy (non-hydrogen) atoms. The van der Waals surface area contributed by atoms with Crippen LogP contribution in [-0.4, -0.2) is 79.1 Å². The Hall–Kier alpha value is -0.170. The first-order chi connectivity index (χ1) is 9.27. The van der Waals surface area contributed by atoms with Gasteiger partial charge in [0.2, 0.25) is 10.0 Å². The molecule has 0 aromatic carbocycles. The third-order valence-corrected chi connectivity index (χ3v) is 6.55. The maximum Gasteiger partial charge on any atom is 0.211 e. The molecule has 0 amide bonds. The third-order valence-electron chi connectivity index (χ3n) is 5.33. The maximum absolute atomic E-state index is 11.9. The SMILES string of the molecule is CC1(C)CN(S(C)(=O)=O)C[C@@H]2CN(C3CCC3)CCN21. The second-order valence-electron chi connectivity index (χ2n) is 7.29. The van der Waals surface area contributed by atoms with Gasteiger partial charge < -0.3 is 0 Å². The summed E-state index contributed by atoms with van der Waals surface area (Å²) in [5.41, 5.74) is -0.0578. The number of hydrogen-bond acceptors (Lipinski definition) is 4. The van der Waals surface area contributed by atoms with Gasteiger partial charge in [0.1, 0.15) is 0 Å². The van der Waals surface area contributed by atoms with Crippen molar-refractivity contribution in [3.63, 3.8) is 0 Å². The van der Waals surface area contributed by atoms with Crippen molar-refractivity contribution in [2.24, 2.45) is 0 Å². The monoisotopic (exact) mass is 301 g/mol. The summed E-state index contributed by atoms with van der Waals surface area (Å²) in [5.74, 6) is 0. The van der Waals surface area contributed by atoms with Crippen molar-refractivity contribution < 1.29 is 8.42 Å². The maximum atomic E-state index is 11.9. The Morgan fingerprint density at radius 2 is 1.75 bits per heavy atom. The molecule has 2 heterocycles. The van der Waals surface area contributed by atoms with Gasteiger partial charge in [-0.3, -0.25) is 9.80 Å². The highest BCUT2D eigenvalue weighted by atomic mass is 32.2. The van der Waals surface area contributed by atoms with Crippen LogP contribution in [0.3, 0.4) is 0 Å². The van der Waals surface area contributed by atoms with E-state index in [9.17, 15) is 8.42 Å². The topological polar surface area (TPSA) is 43.9 Å². The van der Waals surface area contributed by atoms with E-state index in [0.29, 0.717) is 19.1 Å².